The van der Waals surface area contributed by atoms with Crippen LogP contribution in [0.3, 0.4) is 0 Å². The van der Waals surface area contributed by atoms with Gasteiger partial charge in [-0.3, -0.25) is 4.79 Å². The Balaban J connectivity index is 3.01. The van der Waals surface area contributed by atoms with Crippen molar-refractivity contribution < 1.29 is 14.3 Å². The maximum atomic E-state index is 11.3. The van der Waals surface area contributed by atoms with E-state index < -0.39 is 12.0 Å². The van der Waals surface area contributed by atoms with E-state index in [-0.39, 0.29) is 6.04 Å². The van der Waals surface area contributed by atoms with Gasteiger partial charge >= 0.3 is 0 Å². The van der Waals surface area contributed by atoms with Crippen molar-refractivity contribution in [2.75, 3.05) is 7.11 Å². The molecule has 0 radical (unpaired) electrons. The van der Waals surface area contributed by atoms with Crippen molar-refractivity contribution in [2.45, 2.75) is 45.3 Å². The van der Waals surface area contributed by atoms with Crippen LogP contribution in [0.25, 0.3) is 0 Å². The Morgan fingerprint density at radius 1 is 1.30 bits per heavy atom. The molecule has 1 amide bonds. The zero-order valence-corrected chi connectivity index (χ0v) is 12.4. The molecule has 112 valence electrons. The predicted octanol–water partition coefficient (Wildman–Crippen LogP) is 1.62. The van der Waals surface area contributed by atoms with Crippen LogP contribution in [0.4, 0.5) is 0 Å². The third-order valence-corrected chi connectivity index (χ3v) is 3.23. The molecule has 20 heavy (non-hydrogen) atoms. The van der Waals surface area contributed by atoms with Crippen molar-refractivity contribution in [1.29, 1.82) is 0 Å². The van der Waals surface area contributed by atoms with Crippen molar-refractivity contribution in [3.05, 3.63) is 23.8 Å². The summed E-state index contributed by atoms with van der Waals surface area (Å²) in [5.74, 6) is 0.914. The maximum Gasteiger partial charge on any atom is 0.258 e. The van der Waals surface area contributed by atoms with Gasteiger partial charge in [0.1, 0.15) is 11.5 Å². The van der Waals surface area contributed by atoms with E-state index in [0.29, 0.717) is 18.6 Å². The molecule has 0 bridgehead atoms. The molecule has 1 aromatic carbocycles. The zero-order chi connectivity index (χ0) is 15.1. The molecule has 0 fully saturated rings. The highest BCUT2D eigenvalue weighted by Crippen LogP contribution is 2.27. The highest BCUT2D eigenvalue weighted by atomic mass is 16.5. The second-order valence-electron chi connectivity index (χ2n) is 4.76. The van der Waals surface area contributed by atoms with Crippen LogP contribution in [0, 0.1) is 0 Å². The van der Waals surface area contributed by atoms with Crippen LogP contribution >= 0.6 is 0 Å². The van der Waals surface area contributed by atoms with Crippen molar-refractivity contribution in [2.24, 2.45) is 11.5 Å². The normalized spacial score (nSPS) is 13.6. The number of hydrogen-bond acceptors (Lipinski definition) is 4. The van der Waals surface area contributed by atoms with Crippen LogP contribution in [0.2, 0.25) is 0 Å². The molecule has 4 N–H and O–H groups in total. The number of amides is 1. The average Bonchev–Trinajstić information content (AvgIpc) is 2.45. The van der Waals surface area contributed by atoms with Crippen molar-refractivity contribution in [3.63, 3.8) is 0 Å². The molecule has 0 aliphatic heterocycles. The number of hydrogen-bond donors (Lipinski definition) is 2. The van der Waals surface area contributed by atoms with Crippen molar-refractivity contribution >= 4 is 5.91 Å². The first-order chi connectivity index (χ1) is 9.51. The number of carbonyl (C=O) groups is 1. The molecule has 0 saturated carbocycles. The van der Waals surface area contributed by atoms with Crippen LogP contribution in [-0.2, 0) is 11.2 Å². The molecule has 0 aromatic heterocycles. The lowest BCUT2D eigenvalue weighted by Crippen LogP contribution is -2.33. The maximum absolute atomic E-state index is 11.3. The minimum absolute atomic E-state index is 0.0399. The number of ether oxygens (including phenoxy) is 2. The molecule has 0 spiro atoms. The zero-order valence-electron chi connectivity index (χ0n) is 12.4. The second-order valence-corrected chi connectivity index (χ2v) is 4.76. The molecule has 0 aliphatic rings. The highest BCUT2D eigenvalue weighted by molar-refractivity contribution is 5.79. The van der Waals surface area contributed by atoms with Gasteiger partial charge in [0, 0.05) is 6.04 Å². The summed E-state index contributed by atoms with van der Waals surface area (Å²) < 4.78 is 10.9. The van der Waals surface area contributed by atoms with Gasteiger partial charge in [0.15, 0.2) is 6.10 Å². The first-order valence-corrected chi connectivity index (χ1v) is 6.90. The lowest BCUT2D eigenvalue weighted by atomic mass is 10.0. The Kier molecular flexibility index (Phi) is 6.31. The SMILES string of the molecule is CCC(N)Cc1cc(OC)ccc1OC(CC)C(N)=O. The van der Waals surface area contributed by atoms with Crippen LogP contribution in [-0.4, -0.2) is 25.2 Å². The van der Waals surface area contributed by atoms with Gasteiger partial charge in [-0.2, -0.15) is 0 Å². The second kappa shape index (κ2) is 7.75. The summed E-state index contributed by atoms with van der Waals surface area (Å²) in [7, 11) is 1.61. The summed E-state index contributed by atoms with van der Waals surface area (Å²) in [6.45, 7) is 3.89. The van der Waals surface area contributed by atoms with E-state index in [9.17, 15) is 4.79 Å². The first-order valence-electron chi connectivity index (χ1n) is 6.90. The number of rotatable bonds is 8. The molecule has 2 unspecified atom stereocenters. The Morgan fingerprint density at radius 3 is 2.50 bits per heavy atom. The van der Waals surface area contributed by atoms with Gasteiger partial charge in [0.2, 0.25) is 0 Å². The smallest absolute Gasteiger partial charge is 0.258 e. The Bertz CT molecular complexity index is 449. The fourth-order valence-electron chi connectivity index (χ4n) is 1.88. The van der Waals surface area contributed by atoms with Gasteiger partial charge in [-0.25, -0.2) is 0 Å². The largest absolute Gasteiger partial charge is 0.497 e. The summed E-state index contributed by atoms with van der Waals surface area (Å²) >= 11 is 0. The van der Waals surface area contributed by atoms with E-state index in [0.717, 1.165) is 17.7 Å². The summed E-state index contributed by atoms with van der Waals surface area (Å²) in [5.41, 5.74) is 12.2. The fourth-order valence-corrected chi connectivity index (χ4v) is 1.88. The average molecular weight is 280 g/mol. The predicted molar refractivity (Wildman–Crippen MR) is 78.9 cm³/mol. The molecule has 5 nitrogen and oxygen atoms in total. The first kappa shape index (κ1) is 16.3. The molecule has 0 heterocycles. The topological polar surface area (TPSA) is 87.6 Å². The minimum atomic E-state index is -0.625. The third-order valence-electron chi connectivity index (χ3n) is 3.23. The number of nitrogens with two attached hydrogens (primary N) is 2. The van der Waals surface area contributed by atoms with Crippen LogP contribution in [0.5, 0.6) is 11.5 Å². The molecule has 2 atom stereocenters. The van der Waals surface area contributed by atoms with Crippen LogP contribution < -0.4 is 20.9 Å². The Morgan fingerprint density at radius 2 is 2.00 bits per heavy atom. The van der Waals surface area contributed by atoms with E-state index in [1.165, 1.54) is 0 Å². The minimum Gasteiger partial charge on any atom is -0.497 e. The lowest BCUT2D eigenvalue weighted by molar-refractivity contribution is -0.124. The summed E-state index contributed by atoms with van der Waals surface area (Å²) in [4.78, 5) is 11.3. The number of methoxy groups -OCH3 is 1. The van der Waals surface area contributed by atoms with Gasteiger partial charge in [0.25, 0.3) is 5.91 Å². The Hall–Kier alpha value is -1.75. The highest BCUT2D eigenvalue weighted by Gasteiger charge is 2.17. The molecule has 1 aromatic rings. The lowest BCUT2D eigenvalue weighted by Gasteiger charge is -2.19. The quantitative estimate of drug-likeness (QED) is 0.757. The van der Waals surface area contributed by atoms with Crippen LogP contribution in [0.15, 0.2) is 18.2 Å². The van der Waals surface area contributed by atoms with E-state index in [4.69, 9.17) is 20.9 Å². The molecular formula is C15H24N2O3. The molecular weight excluding hydrogens is 256 g/mol. The molecule has 5 heteroatoms. The summed E-state index contributed by atoms with van der Waals surface area (Å²) in [6.07, 6.45) is 1.43. The Labute approximate surface area is 120 Å². The van der Waals surface area contributed by atoms with E-state index >= 15 is 0 Å². The summed E-state index contributed by atoms with van der Waals surface area (Å²) in [5, 5.41) is 0. The number of primary amides is 1. The van der Waals surface area contributed by atoms with Gasteiger partial charge < -0.3 is 20.9 Å². The van der Waals surface area contributed by atoms with Crippen LogP contribution in [0.1, 0.15) is 32.3 Å². The van der Waals surface area contributed by atoms with Crippen molar-refractivity contribution in [1.82, 2.24) is 0 Å². The monoisotopic (exact) mass is 280 g/mol. The molecule has 0 saturated heterocycles. The van der Waals surface area contributed by atoms with E-state index in [2.05, 4.69) is 0 Å². The molecule has 0 aliphatic carbocycles. The van der Waals surface area contributed by atoms with E-state index in [1.54, 1.807) is 19.2 Å². The standard InChI is InChI=1S/C15H24N2O3/c1-4-11(16)8-10-9-12(19-3)6-7-14(10)20-13(5-2)15(17)18/h6-7,9,11,13H,4-5,8,16H2,1-3H3,(H2,17,18). The third kappa shape index (κ3) is 4.42. The number of carbonyl (C=O) groups excluding carboxylic acids is 1. The number of benzene rings is 1. The fraction of sp³-hybridized carbons (Fsp3) is 0.533. The van der Waals surface area contributed by atoms with Gasteiger partial charge in [0.05, 0.1) is 7.11 Å². The van der Waals surface area contributed by atoms with E-state index in [1.807, 2.05) is 19.9 Å². The summed E-state index contributed by atoms with van der Waals surface area (Å²) in [6, 6.07) is 5.52. The van der Waals surface area contributed by atoms with Crippen molar-refractivity contribution in [3.8, 4) is 11.5 Å². The van der Waals surface area contributed by atoms with Gasteiger partial charge in [-0.15, -0.1) is 0 Å². The molecule has 1 rings (SSSR count). The van der Waals surface area contributed by atoms with Gasteiger partial charge in [-0.05, 0) is 43.0 Å². The van der Waals surface area contributed by atoms with Gasteiger partial charge in [-0.1, -0.05) is 13.8 Å².